The van der Waals surface area contributed by atoms with Crippen molar-refractivity contribution >= 4 is 6.29 Å². The molecule has 4 nitrogen and oxygen atoms in total. The zero-order valence-corrected chi connectivity index (χ0v) is 16.0. The summed E-state index contributed by atoms with van der Waals surface area (Å²) in [6.45, 7) is 2.21. The van der Waals surface area contributed by atoms with Gasteiger partial charge in [0, 0.05) is 6.42 Å². The highest BCUT2D eigenvalue weighted by Crippen LogP contribution is 2.07. The number of carbonyl (C=O) groups is 1. The zero-order chi connectivity index (χ0) is 19.3. The van der Waals surface area contributed by atoms with Gasteiger partial charge in [-0.3, -0.25) is 10.1 Å². The van der Waals surface area contributed by atoms with Crippen LogP contribution in [0.2, 0.25) is 0 Å². The zero-order valence-electron chi connectivity index (χ0n) is 16.0. The molecule has 0 spiro atoms. The van der Waals surface area contributed by atoms with E-state index in [-0.39, 0.29) is 10.6 Å². The molecule has 0 aliphatic heterocycles. The second kappa shape index (κ2) is 19.1. The van der Waals surface area contributed by atoms with E-state index in [0.717, 1.165) is 25.5 Å². The minimum absolute atomic E-state index is 0.209. The maximum Gasteiger partial charge on any atom is 0.246 e. The number of unbranched alkanes of at least 4 members (excludes halogenated alkanes) is 4. The molecule has 0 radical (unpaired) electrons. The molecule has 0 N–H and O–H groups in total. The van der Waals surface area contributed by atoms with Crippen LogP contribution in [0.1, 0.15) is 71.1 Å². The van der Waals surface area contributed by atoms with Crippen molar-refractivity contribution in [2.45, 2.75) is 71.1 Å². The number of nitrogens with zero attached hydrogens (tertiary/aromatic N) is 1. The van der Waals surface area contributed by atoms with E-state index in [4.69, 9.17) is 0 Å². The van der Waals surface area contributed by atoms with E-state index in [1.165, 1.54) is 19.3 Å². The molecular formula is C22H33NO3. The van der Waals surface area contributed by atoms with Gasteiger partial charge in [-0.25, -0.2) is 0 Å². The van der Waals surface area contributed by atoms with E-state index >= 15 is 0 Å². The van der Waals surface area contributed by atoms with E-state index in [9.17, 15) is 14.9 Å². The first-order valence-electron chi connectivity index (χ1n) is 9.59. The maximum absolute atomic E-state index is 11.0. The smallest absolute Gasteiger partial charge is 0.246 e. The summed E-state index contributed by atoms with van der Waals surface area (Å²) in [4.78, 5) is 20.9. The molecule has 4 heteroatoms. The van der Waals surface area contributed by atoms with Crippen molar-refractivity contribution in [1.82, 2.24) is 0 Å². The van der Waals surface area contributed by atoms with Gasteiger partial charge < -0.3 is 4.79 Å². The standard InChI is InChI=1S/C22H33NO3/c1-2-3-4-5-6-7-8-9-10-11-13-16-19-22(23(25)26)20-17-14-12-15-18-21-24/h6-7,9-10,12-14,16,20-21H,2-5,8,11,15,17-19H2,1H3. The third kappa shape index (κ3) is 16.6. The summed E-state index contributed by atoms with van der Waals surface area (Å²) < 4.78 is 0. The van der Waals surface area contributed by atoms with Crippen LogP contribution in [0.3, 0.4) is 0 Å². The van der Waals surface area contributed by atoms with E-state index < -0.39 is 0 Å². The average Bonchev–Trinajstić information content (AvgIpc) is 2.63. The number of hydrogen-bond donors (Lipinski definition) is 0. The molecule has 0 atom stereocenters. The fourth-order valence-electron chi connectivity index (χ4n) is 2.19. The Morgan fingerprint density at radius 2 is 1.42 bits per heavy atom. The van der Waals surface area contributed by atoms with E-state index in [0.29, 0.717) is 25.7 Å². The van der Waals surface area contributed by atoms with Crippen molar-refractivity contribution in [3.8, 4) is 0 Å². The molecule has 0 aromatic rings. The largest absolute Gasteiger partial charge is 0.303 e. The summed E-state index contributed by atoms with van der Waals surface area (Å²) in [5.41, 5.74) is 0.209. The molecule has 0 saturated heterocycles. The second-order valence-corrected chi connectivity index (χ2v) is 5.99. The lowest BCUT2D eigenvalue weighted by atomic mass is 10.2. The van der Waals surface area contributed by atoms with Crippen LogP contribution in [0.15, 0.2) is 60.4 Å². The minimum Gasteiger partial charge on any atom is -0.303 e. The lowest BCUT2D eigenvalue weighted by Gasteiger charge is -1.93. The Labute approximate surface area is 158 Å². The Hall–Kier alpha value is -2.23. The molecule has 0 aromatic heterocycles. The lowest BCUT2D eigenvalue weighted by molar-refractivity contribution is -0.427. The van der Waals surface area contributed by atoms with Crippen LogP contribution < -0.4 is 0 Å². The number of rotatable bonds is 16. The third-order valence-electron chi connectivity index (χ3n) is 3.69. The highest BCUT2D eigenvalue weighted by Gasteiger charge is 2.06. The summed E-state index contributed by atoms with van der Waals surface area (Å²) in [7, 11) is 0. The van der Waals surface area contributed by atoms with E-state index in [2.05, 4.69) is 31.2 Å². The highest BCUT2D eigenvalue weighted by atomic mass is 16.6. The van der Waals surface area contributed by atoms with Crippen LogP contribution >= 0.6 is 0 Å². The monoisotopic (exact) mass is 359 g/mol. The SMILES string of the molecule is CCCCCC=CCC=CCC=CCC(=CCC=CCCC=O)[N+](=O)[O-]. The predicted molar refractivity (Wildman–Crippen MR) is 110 cm³/mol. The van der Waals surface area contributed by atoms with Gasteiger partial charge in [-0.1, -0.05) is 68.4 Å². The Morgan fingerprint density at radius 1 is 0.808 bits per heavy atom. The predicted octanol–water partition coefficient (Wildman–Crippen LogP) is 6.49. The van der Waals surface area contributed by atoms with Crippen LogP contribution in [0.5, 0.6) is 0 Å². The molecule has 0 aliphatic rings. The fourth-order valence-corrected chi connectivity index (χ4v) is 2.19. The Kier molecular flexibility index (Phi) is 17.5. The van der Waals surface area contributed by atoms with Gasteiger partial charge in [0.15, 0.2) is 0 Å². The normalized spacial score (nSPS) is 12.9. The number of aldehydes is 1. The van der Waals surface area contributed by atoms with Crippen LogP contribution in [0.4, 0.5) is 0 Å². The van der Waals surface area contributed by atoms with Crippen molar-refractivity contribution < 1.29 is 9.72 Å². The van der Waals surface area contributed by atoms with Gasteiger partial charge in [0.2, 0.25) is 5.70 Å². The number of nitro groups is 1. The molecule has 0 bridgehead atoms. The van der Waals surface area contributed by atoms with Crippen LogP contribution in [0, 0.1) is 10.1 Å². The molecule has 144 valence electrons. The molecule has 0 heterocycles. The molecule has 0 rings (SSSR count). The van der Waals surface area contributed by atoms with Gasteiger partial charge in [-0.05, 0) is 44.6 Å². The summed E-state index contributed by atoms with van der Waals surface area (Å²) in [5, 5.41) is 11.0. The molecule has 0 aliphatic carbocycles. The van der Waals surface area contributed by atoms with Gasteiger partial charge in [-0.15, -0.1) is 0 Å². The molecule has 0 amide bonds. The third-order valence-corrected chi connectivity index (χ3v) is 3.69. The molecule has 26 heavy (non-hydrogen) atoms. The van der Waals surface area contributed by atoms with Gasteiger partial charge in [-0.2, -0.15) is 0 Å². The van der Waals surface area contributed by atoms with Crippen molar-refractivity contribution in [2.75, 3.05) is 0 Å². The van der Waals surface area contributed by atoms with E-state index in [1.54, 1.807) is 6.08 Å². The number of hydrogen-bond acceptors (Lipinski definition) is 3. The first-order chi connectivity index (χ1) is 12.7. The number of carbonyl (C=O) groups excluding carboxylic acids is 1. The quantitative estimate of drug-likeness (QED) is 0.104. The van der Waals surface area contributed by atoms with Crippen molar-refractivity contribution in [1.29, 1.82) is 0 Å². The van der Waals surface area contributed by atoms with Gasteiger partial charge in [0.1, 0.15) is 6.29 Å². The minimum atomic E-state index is -0.331. The van der Waals surface area contributed by atoms with Gasteiger partial charge >= 0.3 is 0 Å². The summed E-state index contributed by atoms with van der Waals surface area (Å²) in [5.74, 6) is 0. The fraction of sp³-hybridized carbons (Fsp3) is 0.500. The highest BCUT2D eigenvalue weighted by molar-refractivity contribution is 5.49. The Balaban J connectivity index is 3.99. The molecule has 0 unspecified atom stereocenters. The van der Waals surface area contributed by atoms with Gasteiger partial charge in [0.05, 0.1) is 11.3 Å². The Bertz CT molecular complexity index is 513. The molecular weight excluding hydrogens is 326 g/mol. The Morgan fingerprint density at radius 3 is 2.08 bits per heavy atom. The van der Waals surface area contributed by atoms with Gasteiger partial charge in [0.25, 0.3) is 0 Å². The van der Waals surface area contributed by atoms with Crippen LogP contribution in [-0.2, 0) is 4.79 Å². The topological polar surface area (TPSA) is 60.2 Å². The molecule has 0 saturated carbocycles. The van der Waals surface area contributed by atoms with Crippen LogP contribution in [0.25, 0.3) is 0 Å². The molecule has 0 aromatic carbocycles. The maximum atomic E-state index is 11.0. The first kappa shape index (κ1) is 23.8. The number of allylic oxidation sites excluding steroid dienone is 9. The van der Waals surface area contributed by atoms with Crippen LogP contribution in [-0.4, -0.2) is 11.2 Å². The lowest BCUT2D eigenvalue weighted by Crippen LogP contribution is -1.97. The van der Waals surface area contributed by atoms with E-state index in [1.807, 2.05) is 24.3 Å². The summed E-state index contributed by atoms with van der Waals surface area (Å²) in [6, 6.07) is 0. The summed E-state index contributed by atoms with van der Waals surface area (Å²) >= 11 is 0. The first-order valence-corrected chi connectivity index (χ1v) is 9.59. The molecule has 0 fully saturated rings. The summed E-state index contributed by atoms with van der Waals surface area (Å²) in [6.07, 6.45) is 27.4. The average molecular weight is 360 g/mol. The second-order valence-electron chi connectivity index (χ2n) is 5.99. The van der Waals surface area contributed by atoms with Crippen molar-refractivity contribution in [3.63, 3.8) is 0 Å². The van der Waals surface area contributed by atoms with Crippen molar-refractivity contribution in [3.05, 3.63) is 70.5 Å². The van der Waals surface area contributed by atoms with Crippen molar-refractivity contribution in [2.24, 2.45) is 0 Å².